The van der Waals surface area contributed by atoms with Crippen LogP contribution in [0.1, 0.15) is 29.5 Å². The highest BCUT2D eigenvalue weighted by Gasteiger charge is 2.11. The number of nitrogens with zero attached hydrogens (tertiary/aromatic N) is 2. The summed E-state index contributed by atoms with van der Waals surface area (Å²) < 4.78 is 6.92. The molecule has 102 valence electrons. The van der Waals surface area contributed by atoms with Crippen LogP contribution in [0.3, 0.4) is 0 Å². The van der Waals surface area contributed by atoms with Crippen molar-refractivity contribution in [2.75, 3.05) is 25.1 Å². The van der Waals surface area contributed by atoms with Crippen molar-refractivity contribution in [1.29, 1.82) is 0 Å². The average Bonchev–Trinajstić information content (AvgIpc) is 2.75. The lowest BCUT2D eigenvalue weighted by Crippen LogP contribution is -2.27. The van der Waals surface area contributed by atoms with E-state index >= 15 is 0 Å². The fraction of sp³-hybridized carbons (Fsp3) is 0.667. The summed E-state index contributed by atoms with van der Waals surface area (Å²) in [7, 11) is 1.78. The number of hydrogen-bond donors (Lipinski definition) is 1. The third-order valence-electron chi connectivity index (χ3n) is 2.50. The Balaban J connectivity index is 2.29. The highest BCUT2D eigenvalue weighted by molar-refractivity contribution is 9.09. The molecule has 0 bridgehead atoms. The number of carbonyl (C=O) groups excluding carboxylic acids is 1. The first kappa shape index (κ1) is 15.2. The van der Waals surface area contributed by atoms with Gasteiger partial charge in [0, 0.05) is 25.5 Å². The second kappa shape index (κ2) is 8.26. The minimum Gasteiger partial charge on any atom is -0.381 e. The molecular weight excluding hydrogens is 298 g/mol. The first-order valence-electron chi connectivity index (χ1n) is 6.13. The number of hydrogen-bond acceptors (Lipinski definition) is 3. The standard InChI is InChI=1S/C12H20BrN3O2/c1-3-10-9-11(16(2)15-10)12(17)14-6-4-7-18-8-5-13/h9H,3-8H2,1-2H3,(H,14,17). The summed E-state index contributed by atoms with van der Waals surface area (Å²) in [5, 5.41) is 7.95. The number of carbonyl (C=O) groups is 1. The van der Waals surface area contributed by atoms with Crippen LogP contribution in [0.2, 0.25) is 0 Å². The van der Waals surface area contributed by atoms with Crippen molar-refractivity contribution in [2.45, 2.75) is 19.8 Å². The molecule has 0 aromatic carbocycles. The first-order valence-corrected chi connectivity index (χ1v) is 7.26. The molecular formula is C12H20BrN3O2. The Labute approximate surface area is 116 Å². The molecule has 1 N–H and O–H groups in total. The topological polar surface area (TPSA) is 56.1 Å². The van der Waals surface area contributed by atoms with E-state index in [1.807, 2.05) is 13.0 Å². The predicted molar refractivity (Wildman–Crippen MR) is 74.1 cm³/mol. The molecule has 0 saturated carbocycles. The van der Waals surface area contributed by atoms with Gasteiger partial charge in [-0.05, 0) is 18.9 Å². The van der Waals surface area contributed by atoms with Gasteiger partial charge in [0.25, 0.3) is 5.91 Å². The lowest BCUT2D eigenvalue weighted by atomic mass is 10.3. The SMILES string of the molecule is CCc1cc(C(=O)NCCCOCCBr)n(C)n1. The van der Waals surface area contributed by atoms with Gasteiger partial charge >= 0.3 is 0 Å². The molecule has 0 atom stereocenters. The Kier molecular flexibility index (Phi) is 6.97. The average molecular weight is 318 g/mol. The van der Waals surface area contributed by atoms with E-state index in [0.29, 0.717) is 25.5 Å². The number of halogens is 1. The number of alkyl halides is 1. The summed E-state index contributed by atoms with van der Waals surface area (Å²) in [5.41, 5.74) is 1.54. The maximum atomic E-state index is 11.9. The van der Waals surface area contributed by atoms with E-state index in [9.17, 15) is 4.79 Å². The molecule has 1 heterocycles. The maximum Gasteiger partial charge on any atom is 0.269 e. The summed E-state index contributed by atoms with van der Waals surface area (Å²) in [6, 6.07) is 1.83. The van der Waals surface area contributed by atoms with E-state index in [-0.39, 0.29) is 5.91 Å². The Hall–Kier alpha value is -0.880. The number of nitrogens with one attached hydrogen (secondary N) is 1. The monoisotopic (exact) mass is 317 g/mol. The molecule has 0 aliphatic heterocycles. The second-order valence-electron chi connectivity index (χ2n) is 3.91. The molecule has 5 nitrogen and oxygen atoms in total. The summed E-state index contributed by atoms with van der Waals surface area (Å²) in [5.74, 6) is -0.0785. The van der Waals surface area contributed by atoms with Crippen molar-refractivity contribution in [3.8, 4) is 0 Å². The fourth-order valence-electron chi connectivity index (χ4n) is 1.54. The van der Waals surface area contributed by atoms with Crippen LogP contribution in [0.25, 0.3) is 0 Å². The molecule has 1 aromatic rings. The van der Waals surface area contributed by atoms with Crippen LogP contribution in [-0.4, -0.2) is 40.8 Å². The number of aryl methyl sites for hydroxylation is 2. The normalized spacial score (nSPS) is 10.6. The Morgan fingerprint density at radius 2 is 2.33 bits per heavy atom. The van der Waals surface area contributed by atoms with Gasteiger partial charge in [-0.25, -0.2) is 0 Å². The summed E-state index contributed by atoms with van der Waals surface area (Å²) in [6.45, 7) is 4.01. The van der Waals surface area contributed by atoms with Gasteiger partial charge in [0.15, 0.2) is 0 Å². The van der Waals surface area contributed by atoms with E-state index in [0.717, 1.165) is 23.9 Å². The van der Waals surface area contributed by atoms with Crippen molar-refractivity contribution >= 4 is 21.8 Å². The summed E-state index contributed by atoms with van der Waals surface area (Å²) >= 11 is 3.28. The van der Waals surface area contributed by atoms with Gasteiger partial charge in [-0.15, -0.1) is 0 Å². The zero-order chi connectivity index (χ0) is 13.4. The van der Waals surface area contributed by atoms with Crippen LogP contribution in [0.5, 0.6) is 0 Å². The van der Waals surface area contributed by atoms with E-state index < -0.39 is 0 Å². The molecule has 1 amide bonds. The van der Waals surface area contributed by atoms with Crippen LogP contribution in [0, 0.1) is 0 Å². The van der Waals surface area contributed by atoms with Gasteiger partial charge in [-0.2, -0.15) is 5.10 Å². The maximum absolute atomic E-state index is 11.9. The lowest BCUT2D eigenvalue weighted by Gasteiger charge is -2.05. The number of amides is 1. The number of rotatable bonds is 8. The van der Waals surface area contributed by atoms with Gasteiger partial charge in [-0.1, -0.05) is 22.9 Å². The molecule has 0 spiro atoms. The first-order chi connectivity index (χ1) is 8.69. The molecule has 18 heavy (non-hydrogen) atoms. The van der Waals surface area contributed by atoms with Gasteiger partial charge < -0.3 is 10.1 Å². The molecule has 0 aliphatic rings. The van der Waals surface area contributed by atoms with Gasteiger partial charge in [0.1, 0.15) is 5.69 Å². The predicted octanol–water partition coefficient (Wildman–Crippen LogP) is 1.51. The zero-order valence-electron chi connectivity index (χ0n) is 10.9. The molecule has 0 fully saturated rings. The summed E-state index contributed by atoms with van der Waals surface area (Å²) in [6.07, 6.45) is 1.65. The third-order valence-corrected chi connectivity index (χ3v) is 2.82. The molecule has 0 aliphatic carbocycles. The van der Waals surface area contributed by atoms with E-state index in [1.54, 1.807) is 11.7 Å². The minimum atomic E-state index is -0.0785. The third kappa shape index (κ3) is 4.78. The van der Waals surface area contributed by atoms with Crippen molar-refractivity contribution in [2.24, 2.45) is 7.05 Å². The second-order valence-corrected chi connectivity index (χ2v) is 4.70. The zero-order valence-corrected chi connectivity index (χ0v) is 12.5. The number of aromatic nitrogens is 2. The number of ether oxygens (including phenoxy) is 1. The highest BCUT2D eigenvalue weighted by atomic mass is 79.9. The van der Waals surface area contributed by atoms with Crippen LogP contribution in [0.4, 0.5) is 0 Å². The summed E-state index contributed by atoms with van der Waals surface area (Å²) in [4.78, 5) is 11.9. The smallest absolute Gasteiger partial charge is 0.269 e. The molecule has 0 saturated heterocycles. The minimum absolute atomic E-state index is 0.0785. The van der Waals surface area contributed by atoms with Crippen molar-refractivity contribution in [3.05, 3.63) is 17.5 Å². The molecule has 1 aromatic heterocycles. The quantitative estimate of drug-likeness (QED) is 0.584. The Bertz CT molecular complexity index is 379. The fourth-order valence-corrected chi connectivity index (χ4v) is 1.76. The van der Waals surface area contributed by atoms with Crippen molar-refractivity contribution in [1.82, 2.24) is 15.1 Å². The largest absolute Gasteiger partial charge is 0.381 e. The van der Waals surface area contributed by atoms with Gasteiger partial charge in [0.2, 0.25) is 0 Å². The van der Waals surface area contributed by atoms with E-state index in [2.05, 4.69) is 26.3 Å². The lowest BCUT2D eigenvalue weighted by molar-refractivity contribution is 0.0935. The van der Waals surface area contributed by atoms with Crippen molar-refractivity contribution in [3.63, 3.8) is 0 Å². The van der Waals surface area contributed by atoms with E-state index in [4.69, 9.17) is 4.74 Å². The Morgan fingerprint density at radius 1 is 1.56 bits per heavy atom. The van der Waals surface area contributed by atoms with E-state index in [1.165, 1.54) is 0 Å². The molecule has 0 unspecified atom stereocenters. The molecule has 6 heteroatoms. The van der Waals surface area contributed by atoms with Crippen LogP contribution in [-0.2, 0) is 18.2 Å². The van der Waals surface area contributed by atoms with Gasteiger partial charge in [-0.3, -0.25) is 9.48 Å². The van der Waals surface area contributed by atoms with Crippen LogP contribution >= 0.6 is 15.9 Å². The Morgan fingerprint density at radius 3 is 2.94 bits per heavy atom. The molecule has 0 radical (unpaired) electrons. The van der Waals surface area contributed by atoms with Gasteiger partial charge in [0.05, 0.1) is 12.3 Å². The molecule has 1 rings (SSSR count). The van der Waals surface area contributed by atoms with Crippen LogP contribution < -0.4 is 5.32 Å². The highest BCUT2D eigenvalue weighted by Crippen LogP contribution is 2.03. The van der Waals surface area contributed by atoms with Crippen molar-refractivity contribution < 1.29 is 9.53 Å². The van der Waals surface area contributed by atoms with Crippen LogP contribution in [0.15, 0.2) is 6.07 Å².